The number of methoxy groups -OCH3 is 2. The van der Waals surface area contributed by atoms with Gasteiger partial charge in [-0.15, -0.1) is 3.63 Å². The van der Waals surface area contributed by atoms with Gasteiger partial charge in [0.05, 0.1) is 44.4 Å². The highest BCUT2D eigenvalue weighted by atomic mass is 32.3. The molecule has 0 aliphatic rings. The fourth-order valence-electron chi connectivity index (χ4n) is 7.97. The Morgan fingerprint density at radius 2 is 0.867 bits per heavy atom. The maximum atomic E-state index is 12.5. The number of phenols is 1. The lowest BCUT2D eigenvalue weighted by Gasteiger charge is -2.25. The third-order valence-corrected chi connectivity index (χ3v) is 13.6. The molecule has 396 valence electrons. The average molecular weight is 1090 g/mol. The first kappa shape index (κ1) is 56.5. The molecule has 0 saturated carbocycles. The molecule has 6 aromatic carbocycles. The van der Waals surface area contributed by atoms with Crippen molar-refractivity contribution in [2.75, 3.05) is 33.0 Å². The Labute approximate surface area is 433 Å². The van der Waals surface area contributed by atoms with Crippen LogP contribution in [0, 0.1) is 0 Å². The lowest BCUT2D eigenvalue weighted by atomic mass is 9.83. The van der Waals surface area contributed by atoms with Gasteiger partial charge in [0, 0.05) is 46.8 Å². The van der Waals surface area contributed by atoms with Gasteiger partial charge in [0.2, 0.25) is 0 Å². The maximum Gasteiger partial charge on any atom is 0.332 e. The standard InChI is InChI=1S/C26H26N2O6S.C25H24N2O4.C2H6O5S2/c1-26(2,3)22-15-19(28-11-10-23(29)27-25(28)30)14-21(24(22)33-4)18-7-6-17-13-20(34-35(5,31)32)9-8-16(17)12-18;1-25(2,3)21-14-18(27-10-9-22(29)26-24(27)30)13-20(23(21)31-4)17-6-5-16-12-19(28)8-7-15(16)11-17;1-8(3,4)7-9(2,5)6/h6-15H,1-5H3,(H,27,29,30);5-14,28H,1-4H3,(H,26,29,30);1-2H3. The molecule has 3 N–H and O–H groups in total. The van der Waals surface area contributed by atoms with Gasteiger partial charge in [-0.1, -0.05) is 77.9 Å². The normalized spacial score (nSPS) is 12.0. The average Bonchev–Trinajstić information content (AvgIpc) is 3.28. The van der Waals surface area contributed by atoms with E-state index in [1.165, 1.54) is 33.7 Å². The van der Waals surface area contributed by atoms with Crippen LogP contribution in [0.5, 0.6) is 23.0 Å². The molecule has 0 atom stereocenters. The number of hydrogen-bond donors (Lipinski definition) is 3. The van der Waals surface area contributed by atoms with E-state index >= 15 is 0 Å². The first-order chi connectivity index (χ1) is 34.7. The summed E-state index contributed by atoms with van der Waals surface area (Å²) in [6, 6.07) is 32.1. The van der Waals surface area contributed by atoms with Crippen molar-refractivity contribution < 1.29 is 47.6 Å². The van der Waals surface area contributed by atoms with Crippen LogP contribution in [0.4, 0.5) is 0 Å². The fraction of sp³-hybridized carbons (Fsp3) is 0.245. The molecule has 19 nitrogen and oxygen atoms in total. The van der Waals surface area contributed by atoms with Crippen LogP contribution < -0.4 is 36.2 Å². The molecule has 0 unspecified atom stereocenters. The smallest absolute Gasteiger partial charge is 0.332 e. The minimum Gasteiger partial charge on any atom is -0.508 e. The van der Waals surface area contributed by atoms with E-state index in [2.05, 4.69) is 55.1 Å². The highest BCUT2D eigenvalue weighted by molar-refractivity contribution is 7.99. The summed E-state index contributed by atoms with van der Waals surface area (Å²) in [5.74, 6) is 1.86. The molecule has 0 bridgehead atoms. The Balaban J connectivity index is 0.000000211. The number of rotatable bonds is 10. The highest BCUT2D eigenvalue weighted by Crippen LogP contribution is 2.43. The number of H-pyrrole nitrogens is 2. The van der Waals surface area contributed by atoms with E-state index in [4.69, 9.17) is 13.7 Å². The van der Waals surface area contributed by atoms with Crippen LogP contribution in [-0.2, 0) is 44.8 Å². The highest BCUT2D eigenvalue weighted by Gasteiger charge is 2.26. The first-order valence-corrected chi connectivity index (χ1v) is 28.1. The second-order valence-corrected chi connectivity index (χ2v) is 24.3. The van der Waals surface area contributed by atoms with Gasteiger partial charge in [-0.3, -0.25) is 28.7 Å². The Bertz CT molecular complexity index is 4060. The second kappa shape index (κ2) is 21.6. The molecule has 2 heterocycles. The zero-order chi connectivity index (χ0) is 55.6. The van der Waals surface area contributed by atoms with Gasteiger partial charge in [0.15, 0.2) is 0 Å². The summed E-state index contributed by atoms with van der Waals surface area (Å²) in [5.41, 5.74) is 3.89. The minimum absolute atomic E-state index is 0.215. The molecule has 0 aliphatic heterocycles. The van der Waals surface area contributed by atoms with E-state index in [1.54, 1.807) is 44.6 Å². The third kappa shape index (κ3) is 14.5. The van der Waals surface area contributed by atoms with Crippen LogP contribution in [0.1, 0.15) is 52.7 Å². The first-order valence-electron chi connectivity index (χ1n) is 22.6. The molecule has 75 heavy (non-hydrogen) atoms. The molecule has 0 spiro atoms. The SMILES string of the molecule is COc1c(-c2ccc3cc(O)ccc3c2)cc(-n2ccc(=O)[nH]c2=O)cc1C(C)(C)C.COc1c(-c2ccc3cc(OS(C)(=O)=O)ccc3c2)cc(-n2ccc(=O)[nH]c2=O)cc1C(C)(C)C.CS(=O)(=O)OS(C)(=O)=O. The van der Waals surface area contributed by atoms with Crippen LogP contribution in [0.25, 0.3) is 55.2 Å². The fourth-order valence-corrected chi connectivity index (χ4v) is 10.2. The molecule has 0 fully saturated rings. The van der Waals surface area contributed by atoms with Gasteiger partial charge in [-0.2, -0.15) is 25.3 Å². The lowest BCUT2D eigenvalue weighted by molar-refractivity contribution is 0.399. The van der Waals surface area contributed by atoms with E-state index in [-0.39, 0.29) is 22.3 Å². The number of aromatic hydroxyl groups is 1. The van der Waals surface area contributed by atoms with Crippen molar-refractivity contribution >= 4 is 51.9 Å². The van der Waals surface area contributed by atoms with E-state index < -0.39 is 52.9 Å². The summed E-state index contributed by atoms with van der Waals surface area (Å²) >= 11 is 0. The van der Waals surface area contributed by atoms with E-state index in [1.807, 2.05) is 66.7 Å². The monoisotopic (exact) mass is 1080 g/mol. The molecule has 22 heteroatoms. The Morgan fingerprint density at radius 3 is 1.23 bits per heavy atom. The molecule has 2 aromatic heterocycles. The summed E-state index contributed by atoms with van der Waals surface area (Å²) in [6.07, 6.45) is 5.24. The minimum atomic E-state index is -3.87. The number of hydrogen-bond acceptors (Lipinski definition) is 15. The predicted molar refractivity (Wildman–Crippen MR) is 290 cm³/mol. The topological polar surface area (TPSA) is 269 Å². The van der Waals surface area contributed by atoms with Gasteiger partial charge in [0.25, 0.3) is 31.4 Å². The zero-order valence-corrected chi connectivity index (χ0v) is 45.3. The second-order valence-electron chi connectivity index (χ2n) is 19.3. The van der Waals surface area contributed by atoms with Gasteiger partial charge < -0.3 is 18.8 Å². The predicted octanol–water partition coefficient (Wildman–Crippen LogP) is 7.27. The molecular formula is C53H56N4O15S3. The van der Waals surface area contributed by atoms with Crippen LogP contribution >= 0.6 is 0 Å². The summed E-state index contributed by atoms with van der Waals surface area (Å²) < 4.78 is 86.2. The van der Waals surface area contributed by atoms with Gasteiger partial charge >= 0.3 is 21.5 Å². The largest absolute Gasteiger partial charge is 0.508 e. The molecule has 8 rings (SSSR count). The zero-order valence-electron chi connectivity index (χ0n) is 42.8. The number of benzene rings is 6. The number of phenolic OH excluding ortho intramolecular Hbond substituents is 1. The Kier molecular flexibility index (Phi) is 16.3. The van der Waals surface area contributed by atoms with Crippen molar-refractivity contribution in [3.63, 3.8) is 0 Å². The van der Waals surface area contributed by atoms with Crippen LogP contribution in [0.2, 0.25) is 0 Å². The Hall–Kier alpha value is -7.79. The molecular weight excluding hydrogens is 1030 g/mol. The summed E-state index contributed by atoms with van der Waals surface area (Å²) in [4.78, 5) is 52.7. The van der Waals surface area contributed by atoms with Gasteiger partial charge in [-0.25, -0.2) is 9.59 Å². The van der Waals surface area contributed by atoms with Crippen molar-refractivity contribution in [1.29, 1.82) is 0 Å². The lowest BCUT2D eigenvalue weighted by Crippen LogP contribution is -2.27. The summed E-state index contributed by atoms with van der Waals surface area (Å²) in [7, 11) is -8.12. The van der Waals surface area contributed by atoms with Crippen molar-refractivity contribution in [1.82, 2.24) is 19.1 Å². The number of nitrogens with one attached hydrogen (secondary N) is 2. The number of aromatic nitrogens is 4. The number of fused-ring (bicyclic) bond motifs is 2. The number of nitrogens with zero attached hydrogens (tertiary/aromatic N) is 2. The van der Waals surface area contributed by atoms with Crippen LogP contribution in [-0.4, -0.2) is 82.4 Å². The number of aromatic amines is 2. The van der Waals surface area contributed by atoms with Crippen molar-refractivity contribution in [2.24, 2.45) is 0 Å². The maximum absolute atomic E-state index is 12.5. The summed E-state index contributed by atoms with van der Waals surface area (Å²) in [6.45, 7) is 12.4. The molecule has 0 saturated heterocycles. The van der Waals surface area contributed by atoms with Crippen molar-refractivity contribution in [2.45, 2.75) is 52.4 Å². The number of ether oxygens (including phenoxy) is 2. The summed E-state index contributed by atoms with van der Waals surface area (Å²) in [5, 5.41) is 13.3. The van der Waals surface area contributed by atoms with Crippen molar-refractivity contribution in [3.05, 3.63) is 174 Å². The van der Waals surface area contributed by atoms with Crippen LogP contribution in [0.3, 0.4) is 0 Å². The Morgan fingerprint density at radius 1 is 0.480 bits per heavy atom. The van der Waals surface area contributed by atoms with Crippen LogP contribution in [0.15, 0.2) is 141 Å². The molecule has 0 radical (unpaired) electrons. The van der Waals surface area contributed by atoms with E-state index in [0.717, 1.165) is 66.9 Å². The van der Waals surface area contributed by atoms with Crippen molar-refractivity contribution in [3.8, 4) is 56.6 Å². The van der Waals surface area contributed by atoms with E-state index in [9.17, 15) is 49.5 Å². The molecule has 8 aromatic rings. The third-order valence-electron chi connectivity index (χ3n) is 11.1. The van der Waals surface area contributed by atoms with Gasteiger partial charge in [-0.05, 0) is 104 Å². The van der Waals surface area contributed by atoms with E-state index in [0.29, 0.717) is 29.6 Å². The molecule has 0 aliphatic carbocycles. The molecule has 0 amide bonds. The quantitative estimate of drug-likeness (QED) is 0.114. The van der Waals surface area contributed by atoms with Gasteiger partial charge in [0.1, 0.15) is 23.0 Å².